The number of anilines is 1. The van der Waals surface area contributed by atoms with Gasteiger partial charge in [-0.25, -0.2) is 9.29 Å². The molecule has 4 atom stereocenters. The molecule has 28 heavy (non-hydrogen) atoms. The van der Waals surface area contributed by atoms with Crippen LogP contribution in [0.3, 0.4) is 0 Å². The fourth-order valence-corrected chi connectivity index (χ4v) is 4.33. The van der Waals surface area contributed by atoms with Crippen LogP contribution in [0.1, 0.15) is 18.5 Å². The summed E-state index contributed by atoms with van der Waals surface area (Å²) >= 11 is 0. The summed E-state index contributed by atoms with van der Waals surface area (Å²) in [5.41, 5.74) is -0.300. The van der Waals surface area contributed by atoms with Crippen LogP contribution in [0.4, 0.5) is 10.1 Å². The van der Waals surface area contributed by atoms with E-state index in [-0.39, 0.29) is 0 Å². The van der Waals surface area contributed by atoms with Gasteiger partial charge < -0.3 is 4.74 Å². The number of amides is 2. The van der Waals surface area contributed by atoms with Gasteiger partial charge in [0.05, 0.1) is 24.6 Å². The number of benzene rings is 2. The molecule has 2 aromatic rings. The van der Waals surface area contributed by atoms with Gasteiger partial charge in [0, 0.05) is 6.04 Å². The highest BCUT2D eigenvalue weighted by atomic mass is 19.1. The van der Waals surface area contributed by atoms with E-state index in [0.29, 0.717) is 11.3 Å². The monoisotopic (exact) mass is 382 g/mol. The Morgan fingerprint density at radius 3 is 2.32 bits per heavy atom. The molecule has 1 N–H and O–H groups in total. The van der Waals surface area contributed by atoms with Crippen molar-refractivity contribution in [2.24, 2.45) is 11.8 Å². The Morgan fingerprint density at radius 2 is 1.71 bits per heavy atom. The summed E-state index contributed by atoms with van der Waals surface area (Å²) < 4.78 is 18.3. The van der Waals surface area contributed by atoms with E-state index in [4.69, 9.17) is 4.74 Å². The molecule has 2 fully saturated rings. The molecule has 2 saturated heterocycles. The smallest absolute Gasteiger partial charge is 0.326 e. The van der Waals surface area contributed by atoms with Crippen LogP contribution in [-0.2, 0) is 19.1 Å². The Labute approximate surface area is 161 Å². The maximum Gasteiger partial charge on any atom is 0.326 e. The first-order valence-corrected chi connectivity index (χ1v) is 8.93. The van der Waals surface area contributed by atoms with Gasteiger partial charge in [-0.2, -0.15) is 0 Å². The molecule has 2 aliphatic rings. The van der Waals surface area contributed by atoms with Crippen molar-refractivity contribution in [3.63, 3.8) is 0 Å². The molecule has 0 bridgehead atoms. The van der Waals surface area contributed by atoms with Crippen LogP contribution in [0, 0.1) is 17.7 Å². The minimum atomic E-state index is -1.38. The summed E-state index contributed by atoms with van der Waals surface area (Å²) in [4.78, 5) is 40.3. The van der Waals surface area contributed by atoms with Crippen molar-refractivity contribution in [1.29, 1.82) is 0 Å². The highest BCUT2D eigenvalue weighted by Crippen LogP contribution is 2.49. The lowest BCUT2D eigenvalue weighted by molar-refractivity contribution is -0.151. The number of hydrogen-bond donors (Lipinski definition) is 1. The molecule has 2 aromatic carbocycles. The number of nitrogens with one attached hydrogen (secondary N) is 1. The summed E-state index contributed by atoms with van der Waals surface area (Å²) in [6, 6.07) is 13.7. The summed E-state index contributed by atoms with van der Waals surface area (Å²) in [7, 11) is 1.24. The average Bonchev–Trinajstić information content (AvgIpc) is 3.16. The number of fused-ring (bicyclic) bond motifs is 1. The second-order valence-corrected chi connectivity index (χ2v) is 7.22. The van der Waals surface area contributed by atoms with Crippen molar-refractivity contribution in [3.8, 4) is 0 Å². The van der Waals surface area contributed by atoms with Gasteiger partial charge in [-0.1, -0.05) is 30.3 Å². The van der Waals surface area contributed by atoms with Crippen LogP contribution in [-0.4, -0.2) is 30.4 Å². The number of ether oxygens (including phenoxy) is 1. The zero-order valence-corrected chi connectivity index (χ0v) is 15.4. The summed E-state index contributed by atoms with van der Waals surface area (Å²) in [5, 5.41) is 3.12. The SMILES string of the molecule is COC(=O)[C@]1(C)N[C@H](c2ccc(F)cc2)[C@H]2C(=O)N(c3ccccc3)C(=O)[C@H]21. The van der Waals surface area contributed by atoms with E-state index in [0.717, 1.165) is 4.90 Å². The third kappa shape index (κ3) is 2.54. The number of para-hydroxylation sites is 1. The summed E-state index contributed by atoms with van der Waals surface area (Å²) in [6.07, 6.45) is 0. The van der Waals surface area contributed by atoms with E-state index in [2.05, 4.69) is 5.32 Å². The summed E-state index contributed by atoms with van der Waals surface area (Å²) in [5.74, 6) is -3.61. The Balaban J connectivity index is 1.82. The van der Waals surface area contributed by atoms with Crippen LogP contribution in [0.2, 0.25) is 0 Å². The summed E-state index contributed by atoms with van der Waals surface area (Å²) in [6.45, 7) is 1.57. The topological polar surface area (TPSA) is 75.7 Å². The molecule has 144 valence electrons. The van der Waals surface area contributed by atoms with E-state index in [9.17, 15) is 18.8 Å². The lowest BCUT2D eigenvalue weighted by Gasteiger charge is -2.28. The molecule has 2 heterocycles. The van der Waals surface area contributed by atoms with Gasteiger partial charge in [0.2, 0.25) is 11.8 Å². The molecule has 7 heteroatoms. The maximum absolute atomic E-state index is 13.4. The van der Waals surface area contributed by atoms with E-state index in [1.165, 1.54) is 19.2 Å². The van der Waals surface area contributed by atoms with Gasteiger partial charge in [0.25, 0.3) is 0 Å². The second kappa shape index (κ2) is 6.53. The molecule has 2 amide bonds. The van der Waals surface area contributed by atoms with E-state index < -0.39 is 47.0 Å². The quantitative estimate of drug-likeness (QED) is 0.651. The largest absolute Gasteiger partial charge is 0.468 e. The van der Waals surface area contributed by atoms with Crippen molar-refractivity contribution in [2.45, 2.75) is 18.5 Å². The van der Waals surface area contributed by atoms with Crippen molar-refractivity contribution >= 4 is 23.5 Å². The Kier molecular flexibility index (Phi) is 4.27. The fraction of sp³-hybridized carbons (Fsp3) is 0.286. The molecule has 0 unspecified atom stereocenters. The molecule has 0 spiro atoms. The predicted octanol–water partition coefficient (Wildman–Crippen LogP) is 2.21. The Hall–Kier alpha value is -3.06. The predicted molar refractivity (Wildman–Crippen MR) is 98.6 cm³/mol. The fourth-order valence-electron chi connectivity index (χ4n) is 4.33. The van der Waals surface area contributed by atoms with Crippen LogP contribution in [0.5, 0.6) is 0 Å². The maximum atomic E-state index is 13.4. The second-order valence-electron chi connectivity index (χ2n) is 7.22. The highest BCUT2D eigenvalue weighted by molar-refractivity contribution is 6.24. The molecule has 6 nitrogen and oxygen atoms in total. The van der Waals surface area contributed by atoms with Gasteiger partial charge in [-0.05, 0) is 36.8 Å². The molecule has 0 aromatic heterocycles. The van der Waals surface area contributed by atoms with E-state index in [1.54, 1.807) is 49.4 Å². The van der Waals surface area contributed by atoms with Crippen LogP contribution in [0.15, 0.2) is 54.6 Å². The number of carbonyl (C=O) groups is 3. The van der Waals surface area contributed by atoms with Gasteiger partial charge >= 0.3 is 5.97 Å². The highest BCUT2D eigenvalue weighted by Gasteiger charge is 2.67. The molecular formula is C21H19FN2O4. The zero-order chi connectivity index (χ0) is 20.1. The number of carbonyl (C=O) groups excluding carboxylic acids is 3. The molecule has 4 rings (SSSR count). The van der Waals surface area contributed by atoms with Crippen molar-refractivity contribution < 1.29 is 23.5 Å². The van der Waals surface area contributed by atoms with Gasteiger partial charge in [-0.3, -0.25) is 19.7 Å². The lowest BCUT2D eigenvalue weighted by atomic mass is 9.80. The van der Waals surface area contributed by atoms with Crippen LogP contribution >= 0.6 is 0 Å². The zero-order valence-electron chi connectivity index (χ0n) is 15.4. The Morgan fingerprint density at radius 1 is 1.07 bits per heavy atom. The van der Waals surface area contributed by atoms with E-state index >= 15 is 0 Å². The molecule has 0 radical (unpaired) electrons. The number of rotatable bonds is 3. The van der Waals surface area contributed by atoms with Crippen molar-refractivity contribution in [2.75, 3.05) is 12.0 Å². The van der Waals surface area contributed by atoms with Crippen LogP contribution < -0.4 is 10.2 Å². The number of imide groups is 1. The number of halogens is 1. The first kappa shape index (κ1) is 18.3. The third-order valence-corrected chi connectivity index (χ3v) is 5.64. The first-order chi connectivity index (χ1) is 13.4. The van der Waals surface area contributed by atoms with Crippen molar-refractivity contribution in [3.05, 3.63) is 66.0 Å². The molecular weight excluding hydrogens is 363 g/mol. The minimum Gasteiger partial charge on any atom is -0.468 e. The minimum absolute atomic E-state index is 0.393. The van der Waals surface area contributed by atoms with Crippen molar-refractivity contribution in [1.82, 2.24) is 5.32 Å². The number of esters is 1. The number of methoxy groups -OCH3 is 1. The average molecular weight is 382 g/mol. The van der Waals surface area contributed by atoms with Gasteiger partial charge in [-0.15, -0.1) is 0 Å². The third-order valence-electron chi connectivity index (χ3n) is 5.64. The number of hydrogen-bond acceptors (Lipinski definition) is 5. The lowest BCUT2D eigenvalue weighted by Crippen LogP contribution is -2.54. The molecule has 0 aliphatic carbocycles. The van der Waals surface area contributed by atoms with Gasteiger partial charge in [0.1, 0.15) is 11.4 Å². The number of nitrogens with zero attached hydrogens (tertiary/aromatic N) is 1. The standard InChI is InChI=1S/C21H19FN2O4/c1-21(20(27)28-2)16-15(17(23-21)12-8-10-13(22)11-9-12)18(25)24(19(16)26)14-6-4-3-5-7-14/h3-11,15-17,23H,1-2H3/t15-,16-,17+,21+/m0/s1. The first-order valence-electron chi connectivity index (χ1n) is 8.93. The normalized spacial score (nSPS) is 29.1. The van der Waals surface area contributed by atoms with Gasteiger partial charge in [0.15, 0.2) is 0 Å². The Bertz CT molecular complexity index is 947. The molecule has 0 saturated carbocycles. The molecule has 2 aliphatic heterocycles. The van der Waals surface area contributed by atoms with Crippen LogP contribution in [0.25, 0.3) is 0 Å². The van der Waals surface area contributed by atoms with E-state index in [1.807, 2.05) is 0 Å².